The van der Waals surface area contributed by atoms with Crippen molar-refractivity contribution in [2.75, 3.05) is 31.7 Å². The first-order chi connectivity index (χ1) is 17.7. The van der Waals surface area contributed by atoms with Gasteiger partial charge in [0.15, 0.2) is 17.4 Å². The molecule has 1 aromatic carbocycles. The number of halogens is 2. The molecular formula is C26H28F2N6O3. The van der Waals surface area contributed by atoms with Gasteiger partial charge in [0.1, 0.15) is 28.7 Å². The molecule has 1 atom stereocenters. The Hall–Kier alpha value is -3.70. The molecule has 0 aliphatic carbocycles. The van der Waals surface area contributed by atoms with Crippen LogP contribution in [0.2, 0.25) is 0 Å². The maximum absolute atomic E-state index is 14.1. The minimum atomic E-state index is -1.28. The lowest BCUT2D eigenvalue weighted by Gasteiger charge is -2.33. The molecule has 5 rings (SSSR count). The van der Waals surface area contributed by atoms with Gasteiger partial charge >= 0.3 is 0 Å². The first kappa shape index (κ1) is 25.0. The van der Waals surface area contributed by atoms with E-state index in [1.807, 2.05) is 13.2 Å². The average Bonchev–Trinajstić information content (AvgIpc) is 3.31. The number of hydrogen-bond acceptors (Lipinski definition) is 8. The number of aliphatic hydroxyl groups is 1. The molecule has 0 radical (unpaired) electrons. The minimum absolute atomic E-state index is 0.0459. The largest absolute Gasteiger partial charge is 0.487 e. The van der Waals surface area contributed by atoms with Crippen molar-refractivity contribution in [1.82, 2.24) is 24.7 Å². The van der Waals surface area contributed by atoms with Crippen molar-refractivity contribution in [3.8, 4) is 17.0 Å². The number of pyridine rings is 1. The zero-order valence-corrected chi connectivity index (χ0v) is 20.9. The molecule has 1 aliphatic rings. The van der Waals surface area contributed by atoms with Crippen LogP contribution >= 0.6 is 0 Å². The van der Waals surface area contributed by atoms with Gasteiger partial charge in [0.05, 0.1) is 30.2 Å². The zero-order valence-electron chi connectivity index (χ0n) is 20.9. The number of nitrogens with zero attached hydrogens (tertiary/aromatic N) is 6. The summed E-state index contributed by atoms with van der Waals surface area (Å²) in [6.45, 7) is 2.92. The number of benzene rings is 1. The number of aryl methyl sites for hydroxylation is 1. The number of fused-ring (bicyclic) bond motifs is 1. The summed E-state index contributed by atoms with van der Waals surface area (Å²) in [4.78, 5) is 16.3. The highest BCUT2D eigenvalue weighted by atomic mass is 19.1. The van der Waals surface area contributed by atoms with Crippen molar-refractivity contribution in [2.24, 2.45) is 7.05 Å². The van der Waals surface area contributed by atoms with E-state index in [0.717, 1.165) is 11.6 Å². The topological polar surface area (TPSA) is 98.4 Å². The fourth-order valence-electron chi connectivity index (χ4n) is 4.49. The van der Waals surface area contributed by atoms with E-state index in [9.17, 15) is 13.9 Å². The maximum atomic E-state index is 14.1. The van der Waals surface area contributed by atoms with Crippen LogP contribution in [-0.2, 0) is 17.4 Å². The summed E-state index contributed by atoms with van der Waals surface area (Å²) < 4.78 is 40.0. The molecule has 4 aromatic rings. The first-order valence-corrected chi connectivity index (χ1v) is 12.0. The molecule has 1 unspecified atom stereocenters. The lowest BCUT2D eigenvalue weighted by atomic mass is 10.0. The van der Waals surface area contributed by atoms with Gasteiger partial charge in [-0.1, -0.05) is 0 Å². The van der Waals surface area contributed by atoms with Crippen molar-refractivity contribution in [1.29, 1.82) is 0 Å². The van der Waals surface area contributed by atoms with Gasteiger partial charge in [-0.05, 0) is 25.1 Å². The van der Waals surface area contributed by atoms with Crippen LogP contribution in [0.5, 0.6) is 5.75 Å². The van der Waals surface area contributed by atoms with Crippen molar-refractivity contribution in [3.05, 3.63) is 60.2 Å². The molecule has 4 heterocycles. The lowest BCUT2D eigenvalue weighted by molar-refractivity contribution is -0.0238. The third kappa shape index (κ3) is 5.23. The van der Waals surface area contributed by atoms with Gasteiger partial charge < -0.3 is 19.5 Å². The van der Waals surface area contributed by atoms with Crippen LogP contribution in [0.1, 0.15) is 25.5 Å². The second kappa shape index (κ2) is 9.98. The Morgan fingerprint density at radius 3 is 2.57 bits per heavy atom. The van der Waals surface area contributed by atoms with E-state index in [0.29, 0.717) is 54.2 Å². The summed E-state index contributed by atoms with van der Waals surface area (Å²) in [6.07, 6.45) is 6.23. The Morgan fingerprint density at radius 2 is 1.89 bits per heavy atom. The van der Waals surface area contributed by atoms with Gasteiger partial charge in [0, 0.05) is 57.9 Å². The second-order valence-electron chi connectivity index (χ2n) is 9.44. The fourth-order valence-corrected chi connectivity index (χ4v) is 4.49. The summed E-state index contributed by atoms with van der Waals surface area (Å²) in [5.74, 6) is -0.630. The molecule has 0 saturated carbocycles. The van der Waals surface area contributed by atoms with Crippen molar-refractivity contribution in [2.45, 2.75) is 31.5 Å². The summed E-state index contributed by atoms with van der Waals surface area (Å²) >= 11 is 0. The van der Waals surface area contributed by atoms with Gasteiger partial charge in [-0.3, -0.25) is 9.67 Å². The molecule has 1 fully saturated rings. The molecule has 1 aliphatic heterocycles. The van der Waals surface area contributed by atoms with Crippen LogP contribution in [0.15, 0.2) is 42.9 Å². The molecule has 194 valence electrons. The van der Waals surface area contributed by atoms with Crippen molar-refractivity contribution < 1.29 is 23.4 Å². The molecule has 0 bridgehead atoms. The van der Waals surface area contributed by atoms with Crippen LogP contribution in [0.3, 0.4) is 0 Å². The van der Waals surface area contributed by atoms with Gasteiger partial charge in [-0.15, -0.1) is 0 Å². The van der Waals surface area contributed by atoms with E-state index >= 15 is 0 Å². The number of hydrogen-bond donors (Lipinski definition) is 1. The monoisotopic (exact) mass is 510 g/mol. The maximum Gasteiger partial charge on any atom is 0.167 e. The number of piperidine rings is 1. The Labute approximate surface area is 212 Å². The van der Waals surface area contributed by atoms with Gasteiger partial charge in [0.25, 0.3) is 0 Å². The van der Waals surface area contributed by atoms with E-state index in [2.05, 4.69) is 15.0 Å². The minimum Gasteiger partial charge on any atom is -0.487 e. The van der Waals surface area contributed by atoms with Crippen LogP contribution in [0.25, 0.3) is 22.3 Å². The van der Waals surface area contributed by atoms with E-state index in [4.69, 9.17) is 19.4 Å². The highest BCUT2D eigenvalue weighted by Crippen LogP contribution is 2.33. The highest BCUT2D eigenvalue weighted by molar-refractivity contribution is 5.83. The molecule has 0 amide bonds. The molecular weight excluding hydrogens is 482 g/mol. The third-order valence-corrected chi connectivity index (χ3v) is 6.42. The van der Waals surface area contributed by atoms with Crippen molar-refractivity contribution in [3.63, 3.8) is 0 Å². The SMILES string of the molecule is COCC(C)(O)c1cc2nc(N3CCC(Oc4ccc(F)cc4F)CC3)c(-c3cnn(C)c3)nc2cn1. The molecule has 1 saturated heterocycles. The summed E-state index contributed by atoms with van der Waals surface area (Å²) in [5.41, 5.74) is 1.82. The second-order valence-corrected chi connectivity index (χ2v) is 9.44. The van der Waals surface area contributed by atoms with E-state index in [-0.39, 0.29) is 18.5 Å². The quantitative estimate of drug-likeness (QED) is 0.403. The van der Waals surface area contributed by atoms with Crippen LogP contribution in [-0.4, -0.2) is 62.7 Å². The first-order valence-electron chi connectivity index (χ1n) is 12.0. The van der Waals surface area contributed by atoms with Crippen LogP contribution < -0.4 is 9.64 Å². The molecule has 1 N–H and O–H groups in total. The predicted octanol–water partition coefficient (Wildman–Crippen LogP) is 3.61. The van der Waals surface area contributed by atoms with E-state index in [1.54, 1.807) is 30.1 Å². The molecule has 37 heavy (non-hydrogen) atoms. The zero-order chi connectivity index (χ0) is 26.2. The van der Waals surface area contributed by atoms with Gasteiger partial charge in [-0.25, -0.2) is 18.7 Å². The van der Waals surface area contributed by atoms with Crippen LogP contribution in [0.4, 0.5) is 14.6 Å². The number of rotatable bonds is 7. The molecule has 9 nitrogen and oxygen atoms in total. The third-order valence-electron chi connectivity index (χ3n) is 6.42. The molecule has 11 heteroatoms. The Bertz CT molecular complexity index is 1420. The van der Waals surface area contributed by atoms with Crippen LogP contribution in [0, 0.1) is 11.6 Å². The van der Waals surface area contributed by atoms with E-state index in [1.165, 1.54) is 19.2 Å². The summed E-state index contributed by atoms with van der Waals surface area (Å²) in [5, 5.41) is 15.1. The number of aromatic nitrogens is 5. The van der Waals surface area contributed by atoms with Gasteiger partial charge in [0.2, 0.25) is 0 Å². The van der Waals surface area contributed by atoms with Crippen molar-refractivity contribution >= 4 is 16.9 Å². The normalized spacial score (nSPS) is 16.2. The average molecular weight is 511 g/mol. The number of ether oxygens (including phenoxy) is 2. The summed E-state index contributed by atoms with van der Waals surface area (Å²) in [7, 11) is 3.35. The Balaban J connectivity index is 1.45. The standard InChI is InChI=1S/C26H28F2N6O3/c1-26(35,15-36-3)23-11-20-21(13-29-23)31-24(16-12-30-33(2)14-16)25(32-20)34-8-6-18(7-9-34)37-22-5-4-17(27)10-19(22)28/h4-5,10-14,18,35H,6-9,15H2,1-3H3. The van der Waals surface area contributed by atoms with E-state index < -0.39 is 17.2 Å². The predicted molar refractivity (Wildman–Crippen MR) is 133 cm³/mol. The Morgan fingerprint density at radius 1 is 1.11 bits per heavy atom. The highest BCUT2D eigenvalue weighted by Gasteiger charge is 2.28. The number of methoxy groups -OCH3 is 1. The lowest BCUT2D eigenvalue weighted by Crippen LogP contribution is -2.39. The Kier molecular flexibility index (Phi) is 6.74. The smallest absolute Gasteiger partial charge is 0.167 e. The number of anilines is 1. The molecule has 3 aromatic heterocycles. The fraction of sp³-hybridized carbons (Fsp3) is 0.385. The molecule has 0 spiro atoms. The van der Waals surface area contributed by atoms with Gasteiger partial charge in [-0.2, -0.15) is 5.10 Å². The summed E-state index contributed by atoms with van der Waals surface area (Å²) in [6, 6.07) is 5.05.